The van der Waals surface area contributed by atoms with Crippen LogP contribution in [0.1, 0.15) is 26.6 Å². The second-order valence-electron chi connectivity index (χ2n) is 5.33. The summed E-state index contributed by atoms with van der Waals surface area (Å²) in [5, 5.41) is 20.0. The topological polar surface area (TPSA) is 72.7 Å². The molecule has 0 saturated heterocycles. The van der Waals surface area contributed by atoms with E-state index < -0.39 is 5.41 Å². The van der Waals surface area contributed by atoms with Crippen molar-refractivity contribution in [3.63, 3.8) is 0 Å². The van der Waals surface area contributed by atoms with Gasteiger partial charge >= 0.3 is 0 Å². The van der Waals surface area contributed by atoms with Gasteiger partial charge < -0.3 is 10.1 Å². The molecule has 0 aliphatic heterocycles. The lowest BCUT2D eigenvalue weighted by molar-refractivity contribution is 0.280. The molecule has 0 amide bonds. The van der Waals surface area contributed by atoms with Crippen LogP contribution in [-0.4, -0.2) is 15.1 Å². The zero-order valence-corrected chi connectivity index (χ0v) is 11.7. The third-order valence-electron chi connectivity index (χ3n) is 2.74. The number of aromatic amines is 1. The highest BCUT2D eigenvalue weighted by molar-refractivity contribution is 6.31. The molecule has 5 heteroatoms. The number of aliphatic hydroxyl groups excluding tert-OH is 1. The first-order valence-corrected chi connectivity index (χ1v) is 6.20. The molecule has 19 heavy (non-hydrogen) atoms. The summed E-state index contributed by atoms with van der Waals surface area (Å²) in [6.07, 6.45) is 0. The van der Waals surface area contributed by atoms with Crippen LogP contribution >= 0.6 is 11.6 Å². The van der Waals surface area contributed by atoms with Crippen LogP contribution in [0.15, 0.2) is 24.0 Å². The van der Waals surface area contributed by atoms with Crippen LogP contribution in [0.25, 0.3) is 16.6 Å². The van der Waals surface area contributed by atoms with Gasteiger partial charge in [-0.05, 0) is 18.2 Å². The Morgan fingerprint density at radius 3 is 2.68 bits per heavy atom. The Labute approximate surface area is 116 Å². The first kappa shape index (κ1) is 13.4. The molecule has 0 saturated carbocycles. The number of nitriles is 1. The smallest absolute Gasteiger partial charge is 0.152 e. The molecular weight excluding hydrogens is 262 g/mol. The van der Waals surface area contributed by atoms with Crippen LogP contribution in [0.3, 0.4) is 0 Å². The molecular formula is C14H14ClN3O. The summed E-state index contributed by atoms with van der Waals surface area (Å²) in [4.78, 5) is 7.31. The summed E-state index contributed by atoms with van der Waals surface area (Å²) in [5.74, 6) is 0.368. The Kier molecular flexibility index (Phi) is 3.25. The Morgan fingerprint density at radius 2 is 2.11 bits per heavy atom. The van der Waals surface area contributed by atoms with E-state index in [1.807, 2.05) is 26.8 Å². The van der Waals surface area contributed by atoms with Crippen molar-refractivity contribution < 1.29 is 5.11 Å². The fourth-order valence-electron chi connectivity index (χ4n) is 1.69. The van der Waals surface area contributed by atoms with Gasteiger partial charge in [-0.1, -0.05) is 32.4 Å². The van der Waals surface area contributed by atoms with Gasteiger partial charge in [-0.2, -0.15) is 5.26 Å². The van der Waals surface area contributed by atoms with Gasteiger partial charge in [0.2, 0.25) is 0 Å². The number of hydrogen-bond acceptors (Lipinski definition) is 3. The standard InChI is InChI=1S/C14H14ClN3O/c1-14(2,3)12(19)9(7-16)13-17-10-5-4-8(15)6-11(10)18-13/h4-6,19H,1-3H3,(H,17,18). The third kappa shape index (κ3) is 2.56. The number of imidazole rings is 1. The summed E-state index contributed by atoms with van der Waals surface area (Å²) in [7, 11) is 0. The van der Waals surface area contributed by atoms with Gasteiger partial charge in [0.15, 0.2) is 5.82 Å². The average molecular weight is 276 g/mol. The second kappa shape index (κ2) is 4.60. The predicted molar refractivity (Wildman–Crippen MR) is 75.7 cm³/mol. The van der Waals surface area contributed by atoms with Gasteiger partial charge in [-0.3, -0.25) is 0 Å². The Hall–Kier alpha value is -1.99. The van der Waals surface area contributed by atoms with Crippen LogP contribution < -0.4 is 0 Å². The highest BCUT2D eigenvalue weighted by Gasteiger charge is 2.23. The first-order valence-electron chi connectivity index (χ1n) is 5.82. The van der Waals surface area contributed by atoms with Gasteiger partial charge in [0, 0.05) is 10.4 Å². The van der Waals surface area contributed by atoms with E-state index in [9.17, 15) is 10.4 Å². The van der Waals surface area contributed by atoms with Gasteiger partial charge in [0.1, 0.15) is 17.4 Å². The zero-order chi connectivity index (χ0) is 14.2. The molecule has 4 nitrogen and oxygen atoms in total. The molecule has 0 unspecified atom stereocenters. The number of benzene rings is 1. The number of H-pyrrole nitrogens is 1. The number of nitrogens with one attached hydrogen (secondary N) is 1. The first-order chi connectivity index (χ1) is 8.82. The van der Waals surface area contributed by atoms with Gasteiger partial charge in [0.25, 0.3) is 0 Å². The molecule has 1 aromatic carbocycles. The lowest BCUT2D eigenvalue weighted by Crippen LogP contribution is -2.11. The lowest BCUT2D eigenvalue weighted by Gasteiger charge is -2.18. The largest absolute Gasteiger partial charge is 0.510 e. The Bertz CT molecular complexity index is 702. The van der Waals surface area contributed by atoms with Crippen LogP contribution in [0.4, 0.5) is 0 Å². The van der Waals surface area contributed by atoms with E-state index >= 15 is 0 Å². The monoisotopic (exact) mass is 275 g/mol. The van der Waals surface area contributed by atoms with Crippen molar-refractivity contribution in [1.29, 1.82) is 5.26 Å². The summed E-state index contributed by atoms with van der Waals surface area (Å²) < 4.78 is 0. The van der Waals surface area contributed by atoms with Crippen molar-refractivity contribution in [1.82, 2.24) is 9.97 Å². The summed E-state index contributed by atoms with van der Waals surface area (Å²) >= 11 is 5.90. The molecule has 0 aliphatic rings. The molecule has 0 fully saturated rings. The van der Waals surface area contributed by atoms with Crippen molar-refractivity contribution in [3.05, 3.63) is 34.8 Å². The van der Waals surface area contributed by atoms with Gasteiger partial charge in [-0.15, -0.1) is 0 Å². The van der Waals surface area contributed by atoms with Gasteiger partial charge in [0.05, 0.1) is 11.0 Å². The molecule has 0 aliphatic carbocycles. The fraction of sp³-hybridized carbons (Fsp3) is 0.286. The molecule has 1 heterocycles. The number of nitrogens with zero attached hydrogens (tertiary/aromatic N) is 2. The molecule has 98 valence electrons. The molecule has 2 rings (SSSR count). The third-order valence-corrected chi connectivity index (χ3v) is 2.97. The number of aromatic nitrogens is 2. The maximum atomic E-state index is 10.1. The van der Waals surface area contributed by atoms with Crippen LogP contribution in [-0.2, 0) is 0 Å². The molecule has 0 radical (unpaired) electrons. The molecule has 1 aromatic heterocycles. The predicted octanol–water partition coefficient (Wildman–Crippen LogP) is 4.06. The van der Waals surface area contributed by atoms with Crippen molar-refractivity contribution in [2.24, 2.45) is 5.41 Å². The molecule has 0 atom stereocenters. The minimum absolute atomic E-state index is 0.0140. The van der Waals surface area contributed by atoms with Crippen LogP contribution in [0.5, 0.6) is 0 Å². The maximum absolute atomic E-state index is 10.1. The van der Waals surface area contributed by atoms with Crippen molar-refractivity contribution >= 4 is 28.2 Å². The minimum atomic E-state index is -0.512. The average Bonchev–Trinajstić information content (AvgIpc) is 2.71. The number of allylic oxidation sites excluding steroid dienone is 2. The molecule has 0 spiro atoms. The van der Waals surface area contributed by atoms with Gasteiger partial charge in [-0.25, -0.2) is 4.98 Å². The van der Waals surface area contributed by atoms with Crippen molar-refractivity contribution in [2.75, 3.05) is 0 Å². The van der Waals surface area contributed by atoms with Crippen LogP contribution in [0, 0.1) is 16.7 Å². The fourth-order valence-corrected chi connectivity index (χ4v) is 1.87. The number of halogens is 1. The Morgan fingerprint density at radius 1 is 1.42 bits per heavy atom. The van der Waals surface area contributed by atoms with E-state index in [4.69, 9.17) is 11.6 Å². The normalized spacial score (nSPS) is 13.2. The second-order valence-corrected chi connectivity index (χ2v) is 5.77. The number of aliphatic hydroxyl groups is 1. The number of hydrogen-bond donors (Lipinski definition) is 2. The lowest BCUT2D eigenvalue weighted by atomic mass is 9.91. The minimum Gasteiger partial charge on any atom is -0.510 e. The highest BCUT2D eigenvalue weighted by atomic mass is 35.5. The maximum Gasteiger partial charge on any atom is 0.152 e. The van der Waals surface area contributed by atoms with E-state index in [-0.39, 0.29) is 11.3 Å². The van der Waals surface area contributed by atoms with E-state index in [1.54, 1.807) is 18.2 Å². The van der Waals surface area contributed by atoms with E-state index in [0.717, 1.165) is 5.52 Å². The van der Waals surface area contributed by atoms with Crippen molar-refractivity contribution in [2.45, 2.75) is 20.8 Å². The Balaban J connectivity index is 2.63. The summed E-state index contributed by atoms with van der Waals surface area (Å²) in [5.41, 5.74) is 1.08. The highest BCUT2D eigenvalue weighted by Crippen LogP contribution is 2.30. The molecule has 2 aromatic rings. The van der Waals surface area contributed by atoms with E-state index in [0.29, 0.717) is 16.4 Å². The quantitative estimate of drug-likeness (QED) is 0.609. The van der Waals surface area contributed by atoms with E-state index in [1.165, 1.54) is 0 Å². The SMILES string of the molecule is CC(C)(C)C(O)=C(C#N)c1nc2ccc(Cl)cc2[nH]1. The summed E-state index contributed by atoms with van der Waals surface area (Å²) in [6.45, 7) is 5.50. The molecule has 2 N–H and O–H groups in total. The van der Waals surface area contributed by atoms with Crippen molar-refractivity contribution in [3.8, 4) is 6.07 Å². The molecule has 0 bridgehead atoms. The summed E-state index contributed by atoms with van der Waals surface area (Å²) in [6, 6.07) is 7.23. The number of fused-ring (bicyclic) bond motifs is 1. The van der Waals surface area contributed by atoms with E-state index in [2.05, 4.69) is 9.97 Å². The zero-order valence-electron chi connectivity index (χ0n) is 11.0. The number of rotatable bonds is 1. The van der Waals surface area contributed by atoms with Crippen LogP contribution in [0.2, 0.25) is 5.02 Å².